The quantitative estimate of drug-likeness (QED) is 0.646. The van der Waals surface area contributed by atoms with Crippen molar-refractivity contribution < 1.29 is 4.74 Å². The normalized spacial score (nSPS) is 11.2. The summed E-state index contributed by atoms with van der Waals surface area (Å²) in [6.45, 7) is 2.51. The van der Waals surface area contributed by atoms with Crippen LogP contribution in [0.3, 0.4) is 0 Å². The van der Waals surface area contributed by atoms with Gasteiger partial charge in [0.25, 0.3) is 0 Å². The summed E-state index contributed by atoms with van der Waals surface area (Å²) in [6, 6.07) is 17.8. The maximum absolute atomic E-state index is 5.14. The van der Waals surface area contributed by atoms with E-state index in [1.807, 2.05) is 61.5 Å². The number of para-hydroxylation sites is 1. The van der Waals surface area contributed by atoms with Gasteiger partial charge in [0.1, 0.15) is 5.75 Å². The number of aryl methyl sites for hydroxylation is 1. The zero-order chi connectivity index (χ0) is 15.4. The Morgan fingerprint density at radius 1 is 1.05 bits per heavy atom. The smallest absolute Gasteiger partial charge is 0.118 e. The molecule has 4 heteroatoms. The number of ether oxygens (including phenoxy) is 1. The van der Waals surface area contributed by atoms with Crippen LogP contribution in [0.4, 0.5) is 5.69 Å². The van der Waals surface area contributed by atoms with E-state index in [9.17, 15) is 0 Å². The van der Waals surface area contributed by atoms with Gasteiger partial charge in [0.05, 0.1) is 24.9 Å². The van der Waals surface area contributed by atoms with Gasteiger partial charge in [-0.25, -0.2) is 0 Å². The standard InChI is InChI=1S/C18H17N3O/c1-13-11-18(16-5-3-4-6-17(16)20-13)21-19-12-14-7-9-15(22-2)10-8-14/h3-11H,12H2,1-2H3. The molecule has 0 saturated carbocycles. The average Bonchev–Trinajstić information content (AvgIpc) is 2.55. The van der Waals surface area contributed by atoms with Gasteiger partial charge in [0.15, 0.2) is 0 Å². The number of benzene rings is 2. The molecular formula is C18H17N3O. The van der Waals surface area contributed by atoms with Gasteiger partial charge in [-0.05, 0) is 36.8 Å². The van der Waals surface area contributed by atoms with Crippen LogP contribution in [0.5, 0.6) is 5.75 Å². The lowest BCUT2D eigenvalue weighted by atomic mass is 10.1. The summed E-state index contributed by atoms with van der Waals surface area (Å²) in [4.78, 5) is 4.51. The lowest BCUT2D eigenvalue weighted by Gasteiger charge is -2.03. The van der Waals surface area contributed by atoms with Crippen LogP contribution in [-0.4, -0.2) is 12.1 Å². The zero-order valence-corrected chi connectivity index (χ0v) is 12.7. The molecular weight excluding hydrogens is 274 g/mol. The summed E-state index contributed by atoms with van der Waals surface area (Å²) in [7, 11) is 1.66. The highest BCUT2D eigenvalue weighted by Crippen LogP contribution is 2.26. The molecule has 3 aromatic rings. The Kier molecular flexibility index (Phi) is 4.10. The third kappa shape index (κ3) is 3.11. The average molecular weight is 291 g/mol. The Bertz CT molecular complexity index is 810. The third-order valence-corrected chi connectivity index (χ3v) is 3.41. The second-order valence-corrected chi connectivity index (χ2v) is 5.05. The fourth-order valence-electron chi connectivity index (χ4n) is 2.29. The van der Waals surface area contributed by atoms with Gasteiger partial charge in [0.2, 0.25) is 0 Å². The minimum atomic E-state index is 0.541. The van der Waals surface area contributed by atoms with Gasteiger partial charge in [-0.2, -0.15) is 10.2 Å². The number of hydrogen-bond acceptors (Lipinski definition) is 4. The molecule has 110 valence electrons. The molecule has 0 bridgehead atoms. The summed E-state index contributed by atoms with van der Waals surface area (Å²) in [6.07, 6.45) is 0. The molecule has 2 aromatic carbocycles. The molecule has 0 unspecified atom stereocenters. The highest BCUT2D eigenvalue weighted by Gasteiger charge is 2.02. The summed E-state index contributed by atoms with van der Waals surface area (Å²) in [5.41, 5.74) is 3.84. The Morgan fingerprint density at radius 2 is 1.82 bits per heavy atom. The van der Waals surface area contributed by atoms with Crippen molar-refractivity contribution in [1.82, 2.24) is 4.98 Å². The van der Waals surface area contributed by atoms with Crippen molar-refractivity contribution in [3.05, 3.63) is 65.9 Å². The van der Waals surface area contributed by atoms with E-state index in [1.165, 1.54) is 0 Å². The predicted octanol–water partition coefficient (Wildman–Crippen LogP) is 4.84. The minimum absolute atomic E-state index is 0.541. The number of aromatic nitrogens is 1. The molecule has 0 fully saturated rings. The van der Waals surface area contributed by atoms with Crippen LogP contribution in [0.25, 0.3) is 10.9 Å². The van der Waals surface area contributed by atoms with Crippen molar-refractivity contribution in [1.29, 1.82) is 0 Å². The molecule has 0 aliphatic rings. The zero-order valence-electron chi connectivity index (χ0n) is 12.7. The number of pyridine rings is 1. The molecule has 0 radical (unpaired) electrons. The maximum atomic E-state index is 5.14. The third-order valence-electron chi connectivity index (χ3n) is 3.41. The van der Waals surface area contributed by atoms with Crippen molar-refractivity contribution >= 4 is 16.6 Å². The first-order valence-electron chi connectivity index (χ1n) is 7.13. The Hall–Kier alpha value is -2.75. The largest absolute Gasteiger partial charge is 0.497 e. The molecule has 22 heavy (non-hydrogen) atoms. The van der Waals surface area contributed by atoms with Crippen molar-refractivity contribution in [2.75, 3.05) is 7.11 Å². The van der Waals surface area contributed by atoms with Crippen molar-refractivity contribution in [3.8, 4) is 5.75 Å². The van der Waals surface area contributed by atoms with Crippen LogP contribution in [0.15, 0.2) is 64.8 Å². The van der Waals surface area contributed by atoms with Crippen LogP contribution in [0, 0.1) is 6.92 Å². The summed E-state index contributed by atoms with van der Waals surface area (Å²) in [5, 5.41) is 9.72. The molecule has 0 spiro atoms. The molecule has 0 amide bonds. The van der Waals surface area contributed by atoms with Crippen molar-refractivity contribution in [2.45, 2.75) is 13.5 Å². The van der Waals surface area contributed by atoms with Crippen LogP contribution < -0.4 is 4.74 Å². The van der Waals surface area contributed by atoms with Gasteiger partial charge >= 0.3 is 0 Å². The first-order valence-corrected chi connectivity index (χ1v) is 7.13. The van der Waals surface area contributed by atoms with Crippen LogP contribution >= 0.6 is 0 Å². The Morgan fingerprint density at radius 3 is 2.59 bits per heavy atom. The van der Waals surface area contributed by atoms with E-state index in [0.717, 1.165) is 33.6 Å². The van der Waals surface area contributed by atoms with E-state index < -0.39 is 0 Å². The van der Waals surface area contributed by atoms with Crippen LogP contribution in [0.2, 0.25) is 0 Å². The highest BCUT2D eigenvalue weighted by atomic mass is 16.5. The molecule has 3 rings (SSSR count). The molecule has 0 aliphatic carbocycles. The summed E-state index contributed by atoms with van der Waals surface area (Å²) < 4.78 is 5.14. The molecule has 4 nitrogen and oxygen atoms in total. The maximum Gasteiger partial charge on any atom is 0.118 e. The van der Waals surface area contributed by atoms with E-state index in [4.69, 9.17) is 4.74 Å². The van der Waals surface area contributed by atoms with Gasteiger partial charge in [-0.15, -0.1) is 0 Å². The van der Waals surface area contributed by atoms with Gasteiger partial charge in [-0.1, -0.05) is 30.3 Å². The van der Waals surface area contributed by atoms with E-state index in [2.05, 4.69) is 15.2 Å². The SMILES string of the molecule is COc1ccc(CN=Nc2cc(C)nc3ccccc23)cc1. The lowest BCUT2D eigenvalue weighted by Crippen LogP contribution is -1.85. The number of azo groups is 1. The molecule has 1 heterocycles. The lowest BCUT2D eigenvalue weighted by molar-refractivity contribution is 0.414. The summed E-state index contributed by atoms with van der Waals surface area (Å²) in [5.74, 6) is 0.844. The summed E-state index contributed by atoms with van der Waals surface area (Å²) >= 11 is 0. The fourth-order valence-corrected chi connectivity index (χ4v) is 2.29. The number of rotatable bonds is 4. The first kappa shape index (κ1) is 14.2. The Labute approximate surface area is 129 Å². The van der Waals surface area contributed by atoms with Gasteiger partial charge in [-0.3, -0.25) is 4.98 Å². The number of methoxy groups -OCH3 is 1. The molecule has 0 aliphatic heterocycles. The molecule has 0 saturated heterocycles. The van der Waals surface area contributed by atoms with Crippen LogP contribution in [0.1, 0.15) is 11.3 Å². The fraction of sp³-hybridized carbons (Fsp3) is 0.167. The predicted molar refractivity (Wildman–Crippen MR) is 87.7 cm³/mol. The van der Waals surface area contributed by atoms with Crippen molar-refractivity contribution in [2.24, 2.45) is 10.2 Å². The topological polar surface area (TPSA) is 46.8 Å². The molecule has 1 aromatic heterocycles. The minimum Gasteiger partial charge on any atom is -0.497 e. The second kappa shape index (κ2) is 6.35. The van der Waals surface area contributed by atoms with E-state index in [0.29, 0.717) is 6.54 Å². The molecule has 0 N–H and O–H groups in total. The second-order valence-electron chi connectivity index (χ2n) is 5.05. The number of nitrogens with zero attached hydrogens (tertiary/aromatic N) is 3. The monoisotopic (exact) mass is 291 g/mol. The van der Waals surface area contributed by atoms with Gasteiger partial charge < -0.3 is 4.74 Å². The number of hydrogen-bond donors (Lipinski definition) is 0. The Balaban J connectivity index is 1.83. The van der Waals surface area contributed by atoms with E-state index >= 15 is 0 Å². The first-order chi connectivity index (χ1) is 10.8. The van der Waals surface area contributed by atoms with Gasteiger partial charge in [0, 0.05) is 11.1 Å². The number of fused-ring (bicyclic) bond motifs is 1. The van der Waals surface area contributed by atoms with Crippen LogP contribution in [-0.2, 0) is 6.54 Å². The van der Waals surface area contributed by atoms with E-state index in [-0.39, 0.29) is 0 Å². The van der Waals surface area contributed by atoms with E-state index in [1.54, 1.807) is 7.11 Å². The molecule has 0 atom stereocenters. The van der Waals surface area contributed by atoms with Crippen molar-refractivity contribution in [3.63, 3.8) is 0 Å². The highest BCUT2D eigenvalue weighted by molar-refractivity contribution is 5.89.